The number of nitrogens with zero attached hydrogens (tertiary/aromatic N) is 2. The fraction of sp³-hybridized carbons (Fsp3) is 0.929. The molecule has 1 N–H and O–H groups in total. The summed E-state index contributed by atoms with van der Waals surface area (Å²) in [5.41, 5.74) is 0. The molecule has 21 heavy (non-hydrogen) atoms. The zero-order chi connectivity index (χ0) is 16.2. The highest BCUT2D eigenvalue weighted by molar-refractivity contribution is 7.88. The summed E-state index contributed by atoms with van der Waals surface area (Å²) in [7, 11) is 0.643. The Morgan fingerprint density at radius 1 is 1.33 bits per heavy atom. The minimum Gasteiger partial charge on any atom is -0.353 e. The van der Waals surface area contributed by atoms with Gasteiger partial charge in [-0.2, -0.15) is 4.31 Å². The van der Waals surface area contributed by atoms with E-state index in [4.69, 9.17) is 0 Å². The molecule has 0 aliphatic carbocycles. The van der Waals surface area contributed by atoms with Gasteiger partial charge in [0.05, 0.1) is 6.26 Å². The minimum atomic E-state index is -3.33. The molecule has 1 aliphatic rings. The topological polar surface area (TPSA) is 69.7 Å². The van der Waals surface area contributed by atoms with Gasteiger partial charge in [-0.3, -0.25) is 4.79 Å². The molecule has 1 heterocycles. The number of piperidine rings is 1. The maximum absolute atomic E-state index is 12.4. The molecular weight excluding hydrogens is 290 g/mol. The van der Waals surface area contributed by atoms with Crippen molar-refractivity contribution in [3.05, 3.63) is 0 Å². The summed E-state index contributed by atoms with van der Waals surface area (Å²) in [6, 6.07) is -0.312. The molecule has 1 saturated heterocycles. The van der Waals surface area contributed by atoms with E-state index < -0.39 is 16.1 Å². The Bertz CT molecular complexity index is 440. The van der Waals surface area contributed by atoms with Crippen LogP contribution in [-0.2, 0) is 14.8 Å². The zero-order valence-corrected chi connectivity index (χ0v) is 14.6. The molecule has 1 amide bonds. The van der Waals surface area contributed by atoms with E-state index in [0.717, 1.165) is 12.8 Å². The second-order valence-corrected chi connectivity index (χ2v) is 8.34. The quantitative estimate of drug-likeness (QED) is 0.774. The van der Waals surface area contributed by atoms with Gasteiger partial charge >= 0.3 is 0 Å². The zero-order valence-electron chi connectivity index (χ0n) is 13.8. The van der Waals surface area contributed by atoms with Crippen LogP contribution in [0.3, 0.4) is 0 Å². The smallest absolute Gasteiger partial charge is 0.238 e. The number of hydrogen-bond donors (Lipinski definition) is 1. The van der Waals surface area contributed by atoms with Crippen molar-refractivity contribution in [2.75, 3.05) is 33.4 Å². The van der Waals surface area contributed by atoms with Crippen molar-refractivity contribution >= 4 is 15.9 Å². The van der Waals surface area contributed by atoms with Gasteiger partial charge in [0.1, 0.15) is 6.04 Å². The Labute approximate surface area is 128 Å². The lowest BCUT2D eigenvalue weighted by Crippen LogP contribution is -2.53. The molecule has 0 unspecified atom stereocenters. The average Bonchev–Trinajstić information content (AvgIpc) is 2.36. The summed E-state index contributed by atoms with van der Waals surface area (Å²) in [6.07, 6.45) is 3.50. The monoisotopic (exact) mass is 319 g/mol. The highest BCUT2D eigenvalue weighted by atomic mass is 32.2. The fourth-order valence-corrected chi connectivity index (χ4v) is 4.03. The number of likely N-dealkylation sites (N-methyl/N-ethyl adjacent to an activating group) is 1. The molecule has 0 aromatic heterocycles. The highest BCUT2D eigenvalue weighted by Gasteiger charge is 2.34. The number of carbonyl (C=O) groups is 1. The summed E-state index contributed by atoms with van der Waals surface area (Å²) in [5, 5.41) is 2.93. The Morgan fingerprint density at radius 2 is 1.95 bits per heavy atom. The number of hydrogen-bond acceptors (Lipinski definition) is 4. The van der Waals surface area contributed by atoms with Crippen molar-refractivity contribution in [2.24, 2.45) is 5.92 Å². The number of amides is 1. The van der Waals surface area contributed by atoms with Gasteiger partial charge in [0.25, 0.3) is 0 Å². The van der Waals surface area contributed by atoms with Crippen molar-refractivity contribution in [1.82, 2.24) is 14.5 Å². The van der Waals surface area contributed by atoms with Gasteiger partial charge in [-0.05, 0) is 32.9 Å². The van der Waals surface area contributed by atoms with E-state index in [1.165, 1.54) is 10.6 Å². The van der Waals surface area contributed by atoms with Crippen LogP contribution in [0.25, 0.3) is 0 Å². The van der Waals surface area contributed by atoms with Crippen LogP contribution in [0.5, 0.6) is 0 Å². The third kappa shape index (κ3) is 5.23. The van der Waals surface area contributed by atoms with Crippen LogP contribution in [0.15, 0.2) is 0 Å². The van der Waals surface area contributed by atoms with Gasteiger partial charge in [0.2, 0.25) is 15.9 Å². The summed E-state index contributed by atoms with van der Waals surface area (Å²) < 4.78 is 24.9. The van der Waals surface area contributed by atoms with Crippen molar-refractivity contribution in [3.8, 4) is 0 Å². The van der Waals surface area contributed by atoms with Crippen molar-refractivity contribution < 1.29 is 13.2 Å². The summed E-state index contributed by atoms with van der Waals surface area (Å²) >= 11 is 0. The second-order valence-electron chi connectivity index (χ2n) is 6.41. The van der Waals surface area contributed by atoms with Gasteiger partial charge in [-0.1, -0.05) is 20.3 Å². The van der Waals surface area contributed by atoms with Crippen molar-refractivity contribution in [3.63, 3.8) is 0 Å². The lowest BCUT2D eigenvalue weighted by Gasteiger charge is -2.34. The largest absolute Gasteiger partial charge is 0.353 e. The average molecular weight is 319 g/mol. The summed E-state index contributed by atoms with van der Waals surface area (Å²) in [6.45, 7) is 5.20. The first-order valence-corrected chi connectivity index (χ1v) is 9.40. The van der Waals surface area contributed by atoms with E-state index in [1.54, 1.807) is 0 Å². The van der Waals surface area contributed by atoms with Crippen molar-refractivity contribution in [2.45, 2.75) is 45.2 Å². The molecule has 0 saturated carbocycles. The molecule has 1 rings (SSSR count). The molecule has 124 valence electrons. The van der Waals surface area contributed by atoms with E-state index in [0.29, 0.717) is 25.4 Å². The van der Waals surface area contributed by atoms with Crippen LogP contribution in [0.1, 0.15) is 33.1 Å². The first-order chi connectivity index (χ1) is 9.64. The maximum atomic E-state index is 12.4. The third-order valence-corrected chi connectivity index (χ3v) is 5.39. The standard InChI is InChI=1S/C14H29N3O3S/c1-11(2)13(16(3)4)10-15-14(18)12-8-6-7-9-17(12)21(5,19)20/h11-13H,6-10H2,1-5H3,(H,15,18)/t12-,13-/m0/s1. The maximum Gasteiger partial charge on any atom is 0.238 e. The number of carbonyl (C=O) groups excluding carboxylic acids is 1. The molecule has 0 aromatic carbocycles. The van der Waals surface area contributed by atoms with E-state index in [1.807, 2.05) is 14.1 Å². The highest BCUT2D eigenvalue weighted by Crippen LogP contribution is 2.20. The lowest BCUT2D eigenvalue weighted by molar-refractivity contribution is -0.126. The molecule has 1 aliphatic heterocycles. The fourth-order valence-electron chi connectivity index (χ4n) is 2.90. The number of rotatable bonds is 6. The Morgan fingerprint density at radius 3 is 2.43 bits per heavy atom. The number of nitrogens with one attached hydrogen (secondary N) is 1. The molecule has 6 nitrogen and oxygen atoms in total. The van der Waals surface area contributed by atoms with Crippen LogP contribution >= 0.6 is 0 Å². The van der Waals surface area contributed by atoms with Crippen LogP contribution in [0.2, 0.25) is 0 Å². The molecule has 0 bridgehead atoms. The normalized spacial score (nSPS) is 22.5. The Hall–Kier alpha value is -0.660. The molecule has 7 heteroatoms. The van der Waals surface area contributed by atoms with E-state index in [2.05, 4.69) is 24.1 Å². The molecular formula is C14H29N3O3S. The van der Waals surface area contributed by atoms with Gasteiger partial charge in [-0.25, -0.2) is 8.42 Å². The number of sulfonamides is 1. The Balaban J connectivity index is 2.69. The van der Waals surface area contributed by atoms with Gasteiger partial charge in [0.15, 0.2) is 0 Å². The first kappa shape index (κ1) is 18.4. The molecule has 1 fully saturated rings. The SMILES string of the molecule is CC(C)[C@H](CNC(=O)[C@@H]1CCCCN1S(C)(=O)=O)N(C)C. The summed E-state index contributed by atoms with van der Waals surface area (Å²) in [5.74, 6) is 0.241. The molecule has 0 spiro atoms. The molecule has 0 radical (unpaired) electrons. The summed E-state index contributed by atoms with van der Waals surface area (Å²) in [4.78, 5) is 14.5. The van der Waals surface area contributed by atoms with Crippen molar-refractivity contribution in [1.29, 1.82) is 0 Å². The Kier molecular flexibility index (Phi) is 6.62. The minimum absolute atomic E-state index is 0.173. The van der Waals surface area contributed by atoms with E-state index in [9.17, 15) is 13.2 Å². The van der Waals surface area contributed by atoms with Crippen LogP contribution < -0.4 is 5.32 Å². The predicted molar refractivity (Wildman–Crippen MR) is 84.5 cm³/mol. The van der Waals surface area contributed by atoms with Gasteiger partial charge < -0.3 is 10.2 Å². The van der Waals surface area contributed by atoms with E-state index >= 15 is 0 Å². The second kappa shape index (κ2) is 7.56. The molecule has 0 aromatic rings. The van der Waals surface area contributed by atoms with Gasteiger partial charge in [-0.15, -0.1) is 0 Å². The first-order valence-electron chi connectivity index (χ1n) is 7.55. The van der Waals surface area contributed by atoms with Crippen LogP contribution in [0, 0.1) is 5.92 Å². The lowest BCUT2D eigenvalue weighted by atomic mass is 10.0. The van der Waals surface area contributed by atoms with Gasteiger partial charge in [0, 0.05) is 19.1 Å². The third-order valence-electron chi connectivity index (χ3n) is 4.10. The molecule has 2 atom stereocenters. The van der Waals surface area contributed by atoms with Crippen LogP contribution in [0.4, 0.5) is 0 Å². The predicted octanol–water partition coefficient (Wildman–Crippen LogP) is 0.503. The van der Waals surface area contributed by atoms with E-state index in [-0.39, 0.29) is 11.9 Å². The van der Waals surface area contributed by atoms with Crippen LogP contribution in [-0.4, -0.2) is 69.1 Å².